The maximum absolute atomic E-state index is 12.6. The summed E-state index contributed by atoms with van der Waals surface area (Å²) in [4.78, 5) is 11.7. The first-order chi connectivity index (χ1) is 10.5. The molecule has 2 aromatic rings. The monoisotopic (exact) mass is 341 g/mol. The van der Waals surface area contributed by atoms with Crippen LogP contribution in [0.2, 0.25) is 0 Å². The molecule has 0 unspecified atom stereocenters. The Kier molecular flexibility index (Phi) is 4.07. The van der Waals surface area contributed by atoms with Crippen LogP contribution in [0.3, 0.4) is 0 Å². The van der Waals surface area contributed by atoms with E-state index in [1.54, 1.807) is 17.7 Å². The highest BCUT2D eigenvalue weighted by molar-refractivity contribution is 7.89. The number of thiophene rings is 1. The van der Waals surface area contributed by atoms with E-state index in [1.165, 1.54) is 13.2 Å². The number of methoxy groups -OCH3 is 1. The van der Waals surface area contributed by atoms with Crippen molar-refractivity contribution in [1.29, 1.82) is 0 Å². The van der Waals surface area contributed by atoms with Crippen LogP contribution in [0, 0.1) is 0 Å². The van der Waals surface area contributed by atoms with Crippen LogP contribution < -0.4 is 4.72 Å². The van der Waals surface area contributed by atoms with Crippen LogP contribution >= 0.6 is 11.3 Å². The van der Waals surface area contributed by atoms with Crippen molar-refractivity contribution in [3.05, 3.63) is 40.0 Å². The number of hydrogen-bond donors (Lipinski definition) is 1. The summed E-state index contributed by atoms with van der Waals surface area (Å²) >= 11 is 1.05. The van der Waals surface area contributed by atoms with Gasteiger partial charge < -0.3 is 9.15 Å². The average molecular weight is 341 g/mol. The van der Waals surface area contributed by atoms with Gasteiger partial charge in [0.2, 0.25) is 10.0 Å². The molecular weight excluding hydrogens is 326 g/mol. The summed E-state index contributed by atoms with van der Waals surface area (Å²) in [5.41, 5.74) is 0.865. The third-order valence-corrected chi connectivity index (χ3v) is 6.18. The van der Waals surface area contributed by atoms with Gasteiger partial charge in [0.1, 0.15) is 15.5 Å². The minimum absolute atomic E-state index is 0.0417. The first-order valence-electron chi connectivity index (χ1n) is 6.77. The molecule has 1 atom stereocenters. The maximum atomic E-state index is 12.6. The number of hydrogen-bond acceptors (Lipinski definition) is 6. The van der Waals surface area contributed by atoms with Gasteiger partial charge in [0, 0.05) is 12.0 Å². The van der Waals surface area contributed by atoms with E-state index in [0.29, 0.717) is 6.42 Å². The summed E-state index contributed by atoms with van der Waals surface area (Å²) in [6, 6.07) is 2.87. The van der Waals surface area contributed by atoms with Crippen molar-refractivity contribution >= 4 is 27.3 Å². The smallest absolute Gasteiger partial charge is 0.349 e. The summed E-state index contributed by atoms with van der Waals surface area (Å²) in [6.45, 7) is 0. The predicted octanol–water partition coefficient (Wildman–Crippen LogP) is 2.48. The van der Waals surface area contributed by atoms with Crippen molar-refractivity contribution in [2.45, 2.75) is 30.2 Å². The van der Waals surface area contributed by atoms with Gasteiger partial charge in [-0.1, -0.05) is 0 Å². The molecule has 22 heavy (non-hydrogen) atoms. The van der Waals surface area contributed by atoms with Crippen LogP contribution in [0.1, 0.15) is 39.9 Å². The summed E-state index contributed by atoms with van der Waals surface area (Å²) in [5.74, 6) is 0.167. The molecule has 0 saturated heterocycles. The minimum Gasteiger partial charge on any atom is -0.469 e. The van der Waals surface area contributed by atoms with Crippen molar-refractivity contribution in [2.75, 3.05) is 7.11 Å². The van der Waals surface area contributed by atoms with Gasteiger partial charge in [-0.2, -0.15) is 0 Å². The molecule has 118 valence electrons. The zero-order valence-electron chi connectivity index (χ0n) is 11.9. The van der Waals surface area contributed by atoms with Gasteiger partial charge in [0.05, 0.1) is 19.4 Å². The molecule has 0 aliphatic heterocycles. The lowest BCUT2D eigenvalue weighted by molar-refractivity contribution is 0.0602. The number of sulfonamides is 1. The van der Waals surface area contributed by atoms with E-state index in [4.69, 9.17) is 4.42 Å². The maximum Gasteiger partial charge on any atom is 0.349 e. The Labute approximate surface area is 132 Å². The van der Waals surface area contributed by atoms with Crippen LogP contribution in [-0.2, 0) is 21.2 Å². The average Bonchev–Trinajstić information content (AvgIpc) is 3.15. The van der Waals surface area contributed by atoms with Crippen molar-refractivity contribution in [3.63, 3.8) is 0 Å². The number of ether oxygens (including phenoxy) is 1. The molecule has 0 spiro atoms. The van der Waals surface area contributed by atoms with Gasteiger partial charge in [-0.15, -0.1) is 11.3 Å². The number of nitrogens with one attached hydrogen (secondary N) is 1. The summed E-state index contributed by atoms with van der Waals surface area (Å²) in [6.07, 6.45) is 3.93. The van der Waals surface area contributed by atoms with Gasteiger partial charge >= 0.3 is 5.97 Å². The lowest BCUT2D eigenvalue weighted by Gasteiger charge is -2.22. The summed E-state index contributed by atoms with van der Waals surface area (Å²) in [7, 11) is -2.58. The second-order valence-corrected chi connectivity index (χ2v) is 7.57. The number of carbonyl (C=O) groups is 1. The highest BCUT2D eigenvalue weighted by Crippen LogP contribution is 2.32. The van der Waals surface area contributed by atoms with Crippen LogP contribution in [0.5, 0.6) is 0 Å². The SMILES string of the molecule is COC(=O)c1sccc1S(=O)(=O)N[C@H]1CCCc2occc21. The topological polar surface area (TPSA) is 85.6 Å². The molecule has 2 aromatic heterocycles. The van der Waals surface area contributed by atoms with Gasteiger partial charge in [-0.05, 0) is 30.4 Å². The number of aryl methyl sites for hydroxylation is 1. The van der Waals surface area contributed by atoms with Crippen molar-refractivity contribution < 1.29 is 22.4 Å². The normalized spacial score (nSPS) is 18.0. The fraction of sp³-hybridized carbons (Fsp3) is 0.357. The summed E-state index contributed by atoms with van der Waals surface area (Å²) in [5, 5.41) is 1.56. The first kappa shape index (κ1) is 15.3. The predicted molar refractivity (Wildman–Crippen MR) is 80.4 cm³/mol. The first-order valence-corrected chi connectivity index (χ1v) is 9.13. The van der Waals surface area contributed by atoms with Gasteiger partial charge in [-0.25, -0.2) is 17.9 Å². The molecule has 1 N–H and O–H groups in total. The lowest BCUT2D eigenvalue weighted by atomic mass is 9.94. The minimum atomic E-state index is -3.81. The second-order valence-electron chi connectivity index (χ2n) is 4.97. The van der Waals surface area contributed by atoms with Crippen molar-refractivity contribution in [3.8, 4) is 0 Å². The zero-order valence-corrected chi connectivity index (χ0v) is 13.5. The van der Waals surface area contributed by atoms with E-state index in [9.17, 15) is 13.2 Å². The Morgan fingerprint density at radius 2 is 2.27 bits per heavy atom. The number of rotatable bonds is 4. The van der Waals surface area contributed by atoms with E-state index in [2.05, 4.69) is 9.46 Å². The van der Waals surface area contributed by atoms with Crippen molar-refractivity contribution in [2.24, 2.45) is 0 Å². The molecular formula is C14H15NO5S2. The van der Waals surface area contributed by atoms with E-state index >= 15 is 0 Å². The molecule has 0 fully saturated rings. The number of fused-ring (bicyclic) bond motifs is 1. The van der Waals surface area contributed by atoms with Crippen LogP contribution in [-0.4, -0.2) is 21.5 Å². The van der Waals surface area contributed by atoms with Crippen LogP contribution in [0.25, 0.3) is 0 Å². The number of carbonyl (C=O) groups excluding carboxylic acids is 1. The van der Waals surface area contributed by atoms with E-state index < -0.39 is 16.0 Å². The number of esters is 1. The highest BCUT2D eigenvalue weighted by atomic mass is 32.2. The fourth-order valence-corrected chi connectivity index (χ4v) is 5.19. The Morgan fingerprint density at radius 3 is 3.05 bits per heavy atom. The Morgan fingerprint density at radius 1 is 1.45 bits per heavy atom. The molecule has 6 nitrogen and oxygen atoms in total. The largest absolute Gasteiger partial charge is 0.469 e. The van der Waals surface area contributed by atoms with Gasteiger partial charge in [-0.3, -0.25) is 0 Å². The molecule has 8 heteroatoms. The van der Waals surface area contributed by atoms with Crippen LogP contribution in [0.15, 0.2) is 33.1 Å². The Hall–Kier alpha value is -1.64. The quantitative estimate of drug-likeness (QED) is 0.864. The third-order valence-electron chi connectivity index (χ3n) is 3.64. The number of furan rings is 1. The molecule has 3 rings (SSSR count). The van der Waals surface area contributed by atoms with E-state index in [0.717, 1.165) is 35.5 Å². The van der Waals surface area contributed by atoms with Crippen LogP contribution in [0.4, 0.5) is 0 Å². The molecule has 0 aromatic carbocycles. The molecule has 1 aliphatic carbocycles. The zero-order chi connectivity index (χ0) is 15.7. The standard InChI is InChI=1S/C14H15NO5S2/c1-19-14(16)13-12(6-8-21-13)22(17,18)15-10-3-2-4-11-9(10)5-7-20-11/h5-8,10,15H,2-4H2,1H3/t10-/m0/s1. The van der Waals surface area contributed by atoms with E-state index in [-0.39, 0.29) is 15.8 Å². The fourth-order valence-electron chi connectivity index (χ4n) is 2.61. The Balaban J connectivity index is 1.90. The lowest BCUT2D eigenvalue weighted by Crippen LogP contribution is -2.31. The van der Waals surface area contributed by atoms with E-state index in [1.807, 2.05) is 0 Å². The van der Waals surface area contributed by atoms with Gasteiger partial charge in [0.25, 0.3) is 0 Å². The molecule has 2 heterocycles. The Bertz CT molecular complexity index is 790. The molecule has 0 amide bonds. The molecule has 0 saturated carbocycles. The molecule has 1 aliphatic rings. The summed E-state index contributed by atoms with van der Waals surface area (Å²) < 4.78 is 37.8. The van der Waals surface area contributed by atoms with Crippen molar-refractivity contribution in [1.82, 2.24) is 4.72 Å². The highest BCUT2D eigenvalue weighted by Gasteiger charge is 2.30. The molecule has 0 radical (unpaired) electrons. The second kappa shape index (κ2) is 5.86. The van der Waals surface area contributed by atoms with Gasteiger partial charge in [0.15, 0.2) is 0 Å². The molecule has 0 bridgehead atoms. The third kappa shape index (κ3) is 2.69.